The molecule has 0 bridgehead atoms. The molecule has 9 nitrogen and oxygen atoms in total. The predicted molar refractivity (Wildman–Crippen MR) is 163 cm³/mol. The number of hydrogen-bond acceptors (Lipinski definition) is 6. The number of alkyl halides is 3. The van der Waals surface area contributed by atoms with Gasteiger partial charge in [0.05, 0.1) is 29.9 Å². The van der Waals surface area contributed by atoms with E-state index in [9.17, 15) is 27.6 Å². The maximum Gasteiger partial charge on any atom is 0.416 e. The fourth-order valence-corrected chi connectivity index (χ4v) is 5.64. The van der Waals surface area contributed by atoms with Crippen molar-refractivity contribution in [3.63, 3.8) is 0 Å². The SMILES string of the molecule is CC(C)(N)C(=O)N[C@@H]1CSc2cc(C(F)(F)F)ccc2N(Cc2ccc(-c3ccccc3CNC(=O)NCCO)cc2)C1=O. The lowest BCUT2D eigenvalue weighted by Crippen LogP contribution is -2.56. The van der Waals surface area contributed by atoms with E-state index in [0.717, 1.165) is 40.6 Å². The van der Waals surface area contributed by atoms with Crippen molar-refractivity contribution < 1.29 is 32.7 Å². The summed E-state index contributed by atoms with van der Waals surface area (Å²) in [4.78, 5) is 40.0. The van der Waals surface area contributed by atoms with Crippen molar-refractivity contribution in [2.24, 2.45) is 5.73 Å². The van der Waals surface area contributed by atoms with Crippen LogP contribution >= 0.6 is 11.8 Å². The van der Waals surface area contributed by atoms with Crippen molar-refractivity contribution >= 4 is 35.3 Å². The molecular weight excluding hydrogens is 595 g/mol. The van der Waals surface area contributed by atoms with Gasteiger partial charge in [-0.25, -0.2) is 4.79 Å². The molecule has 4 amide bonds. The van der Waals surface area contributed by atoms with Gasteiger partial charge in [0, 0.05) is 23.7 Å². The highest BCUT2D eigenvalue weighted by molar-refractivity contribution is 7.99. The fraction of sp³-hybridized carbons (Fsp3) is 0.323. The van der Waals surface area contributed by atoms with Crippen molar-refractivity contribution in [1.82, 2.24) is 16.0 Å². The van der Waals surface area contributed by atoms with Gasteiger partial charge in [0.2, 0.25) is 5.91 Å². The number of fused-ring (bicyclic) bond motifs is 1. The third kappa shape index (κ3) is 8.10. The highest BCUT2D eigenvalue weighted by Gasteiger charge is 2.37. The first-order valence-corrected chi connectivity index (χ1v) is 14.8. The molecule has 234 valence electrons. The summed E-state index contributed by atoms with van der Waals surface area (Å²) >= 11 is 1.07. The molecule has 6 N–H and O–H groups in total. The number of amides is 4. The van der Waals surface area contributed by atoms with Crippen molar-refractivity contribution in [1.29, 1.82) is 0 Å². The molecule has 1 atom stereocenters. The topological polar surface area (TPSA) is 137 Å². The lowest BCUT2D eigenvalue weighted by Gasteiger charge is -2.28. The molecule has 0 spiro atoms. The van der Waals surface area contributed by atoms with Crippen LogP contribution in [0, 0.1) is 0 Å². The largest absolute Gasteiger partial charge is 0.416 e. The Morgan fingerprint density at radius 3 is 2.41 bits per heavy atom. The number of anilines is 1. The van der Waals surface area contributed by atoms with Gasteiger partial charge in [-0.3, -0.25) is 9.59 Å². The molecule has 1 aliphatic heterocycles. The van der Waals surface area contributed by atoms with Crippen LogP contribution in [0.4, 0.5) is 23.7 Å². The first-order chi connectivity index (χ1) is 20.8. The number of rotatable bonds is 9. The number of urea groups is 1. The summed E-state index contributed by atoms with van der Waals surface area (Å²) in [5.74, 6) is -0.983. The minimum Gasteiger partial charge on any atom is -0.395 e. The van der Waals surface area contributed by atoms with E-state index in [1.54, 1.807) is 0 Å². The van der Waals surface area contributed by atoms with Crippen LogP contribution in [0.2, 0.25) is 0 Å². The third-order valence-electron chi connectivity index (χ3n) is 6.90. The van der Waals surface area contributed by atoms with Crippen LogP contribution in [0.1, 0.15) is 30.5 Å². The summed E-state index contributed by atoms with van der Waals surface area (Å²) in [7, 11) is 0. The summed E-state index contributed by atoms with van der Waals surface area (Å²) < 4.78 is 40.5. The Hall–Kier alpha value is -4.07. The summed E-state index contributed by atoms with van der Waals surface area (Å²) in [6.45, 7) is 3.27. The van der Waals surface area contributed by atoms with Gasteiger partial charge in [0.1, 0.15) is 6.04 Å². The molecule has 0 saturated carbocycles. The van der Waals surface area contributed by atoms with Crippen LogP contribution in [0.3, 0.4) is 0 Å². The van der Waals surface area contributed by atoms with E-state index >= 15 is 0 Å². The third-order valence-corrected chi connectivity index (χ3v) is 8.04. The lowest BCUT2D eigenvalue weighted by molar-refractivity contribution is -0.137. The normalized spacial score (nSPS) is 15.3. The second kappa shape index (κ2) is 13.7. The molecule has 0 aromatic heterocycles. The van der Waals surface area contributed by atoms with E-state index in [4.69, 9.17) is 10.8 Å². The number of nitrogens with one attached hydrogen (secondary N) is 3. The second-order valence-corrected chi connectivity index (χ2v) is 11.9. The van der Waals surface area contributed by atoms with Gasteiger partial charge in [-0.2, -0.15) is 13.2 Å². The van der Waals surface area contributed by atoms with E-state index in [2.05, 4.69) is 16.0 Å². The summed E-state index contributed by atoms with van der Waals surface area (Å²) in [5, 5.41) is 16.8. The Balaban J connectivity index is 1.60. The van der Waals surface area contributed by atoms with Gasteiger partial charge >= 0.3 is 12.2 Å². The minimum atomic E-state index is -4.56. The molecular formula is C31H34F3N5O4S. The van der Waals surface area contributed by atoms with Gasteiger partial charge in [-0.15, -0.1) is 11.8 Å². The lowest BCUT2D eigenvalue weighted by atomic mass is 9.98. The van der Waals surface area contributed by atoms with Gasteiger partial charge in [-0.1, -0.05) is 48.5 Å². The van der Waals surface area contributed by atoms with Gasteiger partial charge in [0.25, 0.3) is 5.91 Å². The zero-order valence-electron chi connectivity index (χ0n) is 24.2. The predicted octanol–water partition coefficient (Wildman–Crippen LogP) is 4.02. The number of thioether (sulfide) groups is 1. The molecule has 3 aromatic rings. The number of nitrogens with zero attached hydrogens (tertiary/aromatic N) is 1. The number of halogens is 3. The zero-order valence-corrected chi connectivity index (χ0v) is 25.0. The summed E-state index contributed by atoms with van der Waals surface area (Å²) in [6, 6.07) is 16.7. The smallest absolute Gasteiger partial charge is 0.395 e. The van der Waals surface area contributed by atoms with E-state index in [1.807, 2.05) is 48.5 Å². The van der Waals surface area contributed by atoms with Gasteiger partial charge in [-0.05, 0) is 54.3 Å². The van der Waals surface area contributed by atoms with Crippen LogP contribution in [0.15, 0.2) is 71.6 Å². The van der Waals surface area contributed by atoms with Crippen molar-refractivity contribution in [2.75, 3.05) is 23.8 Å². The molecule has 44 heavy (non-hydrogen) atoms. The molecule has 0 aliphatic carbocycles. The monoisotopic (exact) mass is 629 g/mol. The Bertz CT molecular complexity index is 1510. The first-order valence-electron chi connectivity index (χ1n) is 13.8. The average molecular weight is 630 g/mol. The molecule has 0 fully saturated rings. The minimum absolute atomic E-state index is 0.0350. The number of benzene rings is 3. The number of hydrogen-bond donors (Lipinski definition) is 5. The Morgan fingerprint density at radius 1 is 1.05 bits per heavy atom. The Kier molecular flexibility index (Phi) is 10.2. The maximum absolute atomic E-state index is 13.8. The number of carbonyl (C=O) groups is 3. The van der Waals surface area contributed by atoms with Crippen molar-refractivity contribution in [3.8, 4) is 11.1 Å². The highest BCUT2D eigenvalue weighted by atomic mass is 32.2. The maximum atomic E-state index is 13.8. The molecule has 0 radical (unpaired) electrons. The van der Waals surface area contributed by atoms with Crippen LogP contribution in [0.5, 0.6) is 0 Å². The molecule has 1 heterocycles. The van der Waals surface area contributed by atoms with Crippen molar-refractivity contribution in [3.05, 3.63) is 83.4 Å². The number of carbonyl (C=O) groups excluding carboxylic acids is 3. The summed E-state index contributed by atoms with van der Waals surface area (Å²) in [6.07, 6.45) is -4.56. The van der Waals surface area contributed by atoms with Crippen LogP contribution < -0.4 is 26.6 Å². The standard InChI is InChI=1S/C31H34F3N5O4S/c1-30(2,35)28(42)38-24-18-44-26-15-22(31(32,33)34)11-12-25(26)39(27(24)41)17-19-7-9-20(10-8-19)23-6-4-3-5-21(23)16-37-29(43)36-13-14-40/h3-12,15,24,40H,13-14,16-18,35H2,1-2H3,(H,38,42)(H2,36,37,43)/t24-/m1/s1. The van der Waals surface area contributed by atoms with Crippen molar-refractivity contribution in [2.45, 2.75) is 49.6 Å². The molecule has 3 aromatic carbocycles. The van der Waals surface area contributed by atoms with Crippen LogP contribution in [-0.2, 0) is 28.9 Å². The Labute approximate surface area is 257 Å². The number of nitrogens with two attached hydrogens (primary N) is 1. The zero-order chi connectivity index (χ0) is 32.1. The average Bonchev–Trinajstić information content (AvgIpc) is 3.10. The molecule has 1 aliphatic rings. The van der Waals surface area contributed by atoms with E-state index < -0.39 is 41.2 Å². The second-order valence-electron chi connectivity index (χ2n) is 10.9. The Morgan fingerprint density at radius 2 is 1.75 bits per heavy atom. The van der Waals surface area contributed by atoms with Gasteiger partial charge < -0.3 is 31.7 Å². The number of aliphatic hydroxyl groups is 1. The molecule has 4 rings (SSSR count). The van der Waals surface area contributed by atoms with E-state index in [-0.39, 0.29) is 36.9 Å². The van der Waals surface area contributed by atoms with E-state index in [0.29, 0.717) is 11.3 Å². The van der Waals surface area contributed by atoms with E-state index in [1.165, 1.54) is 24.8 Å². The first kappa shape index (κ1) is 32.8. The molecule has 0 saturated heterocycles. The van der Waals surface area contributed by atoms with Crippen LogP contribution in [-0.4, -0.2) is 53.4 Å². The highest BCUT2D eigenvalue weighted by Crippen LogP contribution is 2.40. The molecule has 13 heteroatoms. The van der Waals surface area contributed by atoms with Crippen LogP contribution in [0.25, 0.3) is 11.1 Å². The quantitative estimate of drug-likeness (QED) is 0.243. The summed E-state index contributed by atoms with van der Waals surface area (Å²) in [5.41, 5.74) is 7.44. The van der Waals surface area contributed by atoms with Gasteiger partial charge in [0.15, 0.2) is 0 Å². The number of aliphatic hydroxyl groups excluding tert-OH is 1. The molecule has 0 unspecified atom stereocenters. The fourth-order valence-electron chi connectivity index (χ4n) is 4.53.